The van der Waals surface area contributed by atoms with Crippen LogP contribution in [0.3, 0.4) is 0 Å². The Bertz CT molecular complexity index is 245. The molecule has 2 rings (SSSR count). The van der Waals surface area contributed by atoms with E-state index in [4.69, 9.17) is 9.47 Å². The topological polar surface area (TPSA) is 24.9 Å². The first-order valence-electron chi connectivity index (χ1n) is 7.94. The summed E-state index contributed by atoms with van der Waals surface area (Å²) in [4.78, 5) is 5.10. The minimum Gasteiger partial charge on any atom is -0.381 e. The molecule has 0 N–H and O–H groups in total. The Morgan fingerprint density at radius 2 is 1.84 bits per heavy atom. The van der Waals surface area contributed by atoms with Gasteiger partial charge in [0.1, 0.15) is 0 Å². The Balaban J connectivity index is 1.72. The molecule has 2 aliphatic rings. The lowest BCUT2D eigenvalue weighted by molar-refractivity contribution is -0.153. The van der Waals surface area contributed by atoms with Gasteiger partial charge in [-0.05, 0) is 32.6 Å². The molecule has 2 aliphatic heterocycles. The predicted octanol–water partition coefficient (Wildman–Crippen LogP) is 1.60. The number of rotatable bonds is 6. The smallest absolute Gasteiger partial charge is 0.0853 e. The average Bonchev–Trinajstić information content (AvgIpc) is 2.45. The molecule has 0 bridgehead atoms. The van der Waals surface area contributed by atoms with Crippen molar-refractivity contribution < 1.29 is 9.47 Å². The van der Waals surface area contributed by atoms with Crippen LogP contribution in [-0.2, 0) is 9.47 Å². The molecular formula is C15H30N2O2. The highest BCUT2D eigenvalue weighted by atomic mass is 16.5. The highest BCUT2D eigenvalue weighted by Gasteiger charge is 2.37. The zero-order valence-corrected chi connectivity index (χ0v) is 12.7. The highest BCUT2D eigenvalue weighted by Crippen LogP contribution is 2.28. The van der Waals surface area contributed by atoms with E-state index in [9.17, 15) is 0 Å². The molecule has 2 saturated heterocycles. The number of ether oxygens (including phenoxy) is 2. The maximum absolute atomic E-state index is 6.07. The third kappa shape index (κ3) is 4.42. The quantitative estimate of drug-likeness (QED) is 0.732. The zero-order valence-electron chi connectivity index (χ0n) is 12.7. The third-order valence-corrected chi connectivity index (χ3v) is 4.57. The zero-order chi connectivity index (χ0) is 13.6. The molecule has 4 nitrogen and oxygen atoms in total. The van der Waals surface area contributed by atoms with Crippen molar-refractivity contribution in [2.45, 2.75) is 38.7 Å². The Hall–Kier alpha value is -0.160. The van der Waals surface area contributed by atoms with Crippen molar-refractivity contribution >= 4 is 0 Å². The van der Waals surface area contributed by atoms with Crippen molar-refractivity contribution in [3.8, 4) is 0 Å². The summed E-state index contributed by atoms with van der Waals surface area (Å²) >= 11 is 0. The van der Waals surface area contributed by atoms with Crippen molar-refractivity contribution in [2.24, 2.45) is 0 Å². The van der Waals surface area contributed by atoms with Crippen molar-refractivity contribution in [3.63, 3.8) is 0 Å². The van der Waals surface area contributed by atoms with Gasteiger partial charge in [0.2, 0.25) is 0 Å². The van der Waals surface area contributed by atoms with Crippen LogP contribution in [0, 0.1) is 0 Å². The molecule has 0 saturated carbocycles. The van der Waals surface area contributed by atoms with Gasteiger partial charge in [0.25, 0.3) is 0 Å². The fraction of sp³-hybridized carbons (Fsp3) is 1.00. The Kier molecular flexibility index (Phi) is 6.07. The van der Waals surface area contributed by atoms with Crippen LogP contribution in [0.1, 0.15) is 33.1 Å². The van der Waals surface area contributed by atoms with Crippen molar-refractivity contribution in [3.05, 3.63) is 0 Å². The molecule has 0 amide bonds. The molecule has 0 unspecified atom stereocenters. The average molecular weight is 270 g/mol. The van der Waals surface area contributed by atoms with Gasteiger partial charge >= 0.3 is 0 Å². The first kappa shape index (κ1) is 15.2. The lowest BCUT2D eigenvalue weighted by atomic mass is 9.92. The van der Waals surface area contributed by atoms with Crippen LogP contribution in [-0.4, -0.2) is 74.5 Å². The van der Waals surface area contributed by atoms with Crippen LogP contribution in [0.2, 0.25) is 0 Å². The molecule has 19 heavy (non-hydrogen) atoms. The summed E-state index contributed by atoms with van der Waals surface area (Å²) in [6.45, 7) is 14.1. The molecule has 0 aliphatic carbocycles. The lowest BCUT2D eigenvalue weighted by Crippen LogP contribution is -2.54. The van der Waals surface area contributed by atoms with E-state index in [1.54, 1.807) is 0 Å². The first-order valence-corrected chi connectivity index (χ1v) is 7.94. The highest BCUT2D eigenvalue weighted by molar-refractivity contribution is 4.89. The van der Waals surface area contributed by atoms with Gasteiger partial charge in [-0.1, -0.05) is 13.8 Å². The Morgan fingerprint density at radius 3 is 2.53 bits per heavy atom. The van der Waals surface area contributed by atoms with E-state index in [0.717, 1.165) is 45.8 Å². The molecule has 2 fully saturated rings. The summed E-state index contributed by atoms with van der Waals surface area (Å²) < 4.78 is 11.5. The Morgan fingerprint density at radius 1 is 1.11 bits per heavy atom. The van der Waals surface area contributed by atoms with Gasteiger partial charge in [0.15, 0.2) is 0 Å². The van der Waals surface area contributed by atoms with Gasteiger partial charge in [-0.15, -0.1) is 0 Å². The van der Waals surface area contributed by atoms with E-state index in [0.29, 0.717) is 0 Å². The van der Waals surface area contributed by atoms with E-state index in [-0.39, 0.29) is 5.60 Å². The standard InChI is InChI=1S/C15H30N2O2/c1-3-16(4-2)8-5-9-17-10-13-19-15(14-17)6-11-18-12-7-15/h3-14H2,1-2H3. The summed E-state index contributed by atoms with van der Waals surface area (Å²) in [5.41, 5.74) is 0.103. The van der Waals surface area contributed by atoms with Crippen LogP contribution in [0.15, 0.2) is 0 Å². The summed E-state index contributed by atoms with van der Waals surface area (Å²) in [5.74, 6) is 0. The van der Waals surface area contributed by atoms with E-state index in [1.807, 2.05) is 0 Å². The molecule has 112 valence electrons. The van der Waals surface area contributed by atoms with Crippen molar-refractivity contribution in [1.82, 2.24) is 9.80 Å². The lowest BCUT2D eigenvalue weighted by Gasteiger charge is -2.45. The maximum Gasteiger partial charge on any atom is 0.0853 e. The number of morpholine rings is 1. The predicted molar refractivity (Wildman–Crippen MR) is 77.6 cm³/mol. The third-order valence-electron chi connectivity index (χ3n) is 4.57. The van der Waals surface area contributed by atoms with Crippen LogP contribution in [0.25, 0.3) is 0 Å². The van der Waals surface area contributed by atoms with Gasteiger partial charge in [-0.25, -0.2) is 0 Å². The summed E-state index contributed by atoms with van der Waals surface area (Å²) in [6, 6.07) is 0. The fourth-order valence-electron chi connectivity index (χ4n) is 3.22. The fourth-order valence-corrected chi connectivity index (χ4v) is 3.22. The SMILES string of the molecule is CCN(CC)CCCN1CCOC2(CCOCC2)C1. The van der Waals surface area contributed by atoms with Crippen molar-refractivity contribution in [1.29, 1.82) is 0 Å². The summed E-state index contributed by atoms with van der Waals surface area (Å²) in [7, 11) is 0. The molecule has 2 heterocycles. The maximum atomic E-state index is 6.07. The number of hydrogen-bond donors (Lipinski definition) is 0. The van der Waals surface area contributed by atoms with Gasteiger partial charge in [-0.2, -0.15) is 0 Å². The number of hydrogen-bond acceptors (Lipinski definition) is 4. The van der Waals surface area contributed by atoms with Gasteiger partial charge < -0.3 is 14.4 Å². The van der Waals surface area contributed by atoms with Gasteiger partial charge in [0.05, 0.1) is 12.2 Å². The van der Waals surface area contributed by atoms with Gasteiger partial charge in [-0.3, -0.25) is 4.90 Å². The Labute approximate surface area is 118 Å². The van der Waals surface area contributed by atoms with Crippen LogP contribution in [0.5, 0.6) is 0 Å². The summed E-state index contributed by atoms with van der Waals surface area (Å²) in [5, 5.41) is 0. The monoisotopic (exact) mass is 270 g/mol. The summed E-state index contributed by atoms with van der Waals surface area (Å²) in [6.07, 6.45) is 3.41. The molecule has 4 heteroatoms. The molecular weight excluding hydrogens is 240 g/mol. The van der Waals surface area contributed by atoms with Crippen LogP contribution < -0.4 is 0 Å². The first-order chi connectivity index (χ1) is 9.28. The molecule has 0 atom stereocenters. The normalized spacial score (nSPS) is 24.2. The van der Waals surface area contributed by atoms with E-state index in [2.05, 4.69) is 23.6 Å². The van der Waals surface area contributed by atoms with Crippen molar-refractivity contribution in [2.75, 3.05) is 59.1 Å². The minimum absolute atomic E-state index is 0.103. The second-order valence-electron chi connectivity index (χ2n) is 5.80. The minimum atomic E-state index is 0.103. The van der Waals surface area contributed by atoms with Crippen LogP contribution >= 0.6 is 0 Å². The second kappa shape index (κ2) is 7.58. The van der Waals surface area contributed by atoms with E-state index < -0.39 is 0 Å². The van der Waals surface area contributed by atoms with Gasteiger partial charge in [0, 0.05) is 39.1 Å². The molecule has 0 aromatic rings. The molecule has 1 spiro atoms. The van der Waals surface area contributed by atoms with E-state index >= 15 is 0 Å². The molecule has 0 aromatic heterocycles. The molecule has 0 aromatic carbocycles. The number of nitrogens with zero attached hydrogens (tertiary/aromatic N) is 2. The van der Waals surface area contributed by atoms with Crippen LogP contribution in [0.4, 0.5) is 0 Å². The second-order valence-corrected chi connectivity index (χ2v) is 5.80. The van der Waals surface area contributed by atoms with E-state index in [1.165, 1.54) is 32.6 Å². The largest absolute Gasteiger partial charge is 0.381 e. The molecule has 0 radical (unpaired) electrons.